The van der Waals surface area contributed by atoms with Crippen LogP contribution in [-0.2, 0) is 21.4 Å². The smallest absolute Gasteiger partial charge is 0.339 e. The van der Waals surface area contributed by atoms with Crippen LogP contribution in [0.15, 0.2) is 71.6 Å². The highest BCUT2D eigenvalue weighted by molar-refractivity contribution is 7.87. The average molecular weight is 503 g/mol. The number of hydrogen-bond acceptors (Lipinski definition) is 6. The van der Waals surface area contributed by atoms with Crippen molar-refractivity contribution in [3.8, 4) is 11.5 Å². The van der Waals surface area contributed by atoms with Gasteiger partial charge in [-0.2, -0.15) is 8.42 Å². The molecule has 0 aliphatic carbocycles. The molecule has 0 radical (unpaired) electrons. The fraction of sp³-hybridized carbons (Fsp3) is 0.240. The van der Waals surface area contributed by atoms with Gasteiger partial charge < -0.3 is 23.9 Å². The van der Waals surface area contributed by atoms with Crippen molar-refractivity contribution in [1.82, 2.24) is 4.90 Å². The molecule has 3 rings (SSSR count). The zero-order valence-corrected chi connectivity index (χ0v) is 20.5. The van der Waals surface area contributed by atoms with Gasteiger partial charge >= 0.3 is 16.1 Å². The first-order chi connectivity index (χ1) is 16.7. The van der Waals surface area contributed by atoms with E-state index in [1.807, 2.05) is 19.1 Å². The second-order valence-electron chi connectivity index (χ2n) is 7.69. The van der Waals surface area contributed by atoms with E-state index in [1.54, 1.807) is 24.3 Å². The van der Waals surface area contributed by atoms with Crippen LogP contribution in [0.4, 0.5) is 14.9 Å². The lowest BCUT2D eigenvalue weighted by atomic mass is 10.2. The molecule has 0 aromatic heterocycles. The highest BCUT2D eigenvalue weighted by atomic mass is 32.2. The number of amides is 2. The number of urea groups is 1. The molecule has 3 aromatic rings. The third-order valence-electron chi connectivity index (χ3n) is 5.06. The molecule has 35 heavy (non-hydrogen) atoms. The predicted octanol–water partition coefficient (Wildman–Crippen LogP) is 4.59. The summed E-state index contributed by atoms with van der Waals surface area (Å²) in [7, 11) is -1.32. The number of rotatable bonds is 10. The molecule has 0 fully saturated rings. The van der Waals surface area contributed by atoms with Crippen molar-refractivity contribution in [3.05, 3.63) is 83.7 Å². The van der Waals surface area contributed by atoms with Crippen LogP contribution in [0.25, 0.3) is 0 Å². The number of aryl methyl sites for hydroxylation is 1. The molecule has 0 aliphatic rings. The number of ether oxygens (including phenoxy) is 2. The Kier molecular flexibility index (Phi) is 8.67. The molecule has 0 heterocycles. The molecule has 2 amide bonds. The first-order valence-corrected chi connectivity index (χ1v) is 12.1. The number of anilines is 1. The van der Waals surface area contributed by atoms with E-state index >= 15 is 0 Å². The molecule has 186 valence electrons. The number of halogens is 1. The number of nitrogens with one attached hydrogen (secondary N) is 1. The van der Waals surface area contributed by atoms with Crippen molar-refractivity contribution in [2.75, 3.05) is 32.7 Å². The van der Waals surface area contributed by atoms with Gasteiger partial charge in [0.25, 0.3) is 0 Å². The van der Waals surface area contributed by atoms with Crippen molar-refractivity contribution in [1.29, 1.82) is 0 Å². The topological polar surface area (TPSA) is 94.2 Å². The van der Waals surface area contributed by atoms with E-state index in [0.717, 1.165) is 29.8 Å². The van der Waals surface area contributed by atoms with Gasteiger partial charge in [0.2, 0.25) is 0 Å². The van der Waals surface area contributed by atoms with Crippen LogP contribution in [0, 0.1) is 12.7 Å². The van der Waals surface area contributed by atoms with Gasteiger partial charge in [0.05, 0.1) is 13.7 Å². The van der Waals surface area contributed by atoms with Crippen LogP contribution in [-0.4, -0.2) is 46.7 Å². The van der Waals surface area contributed by atoms with Crippen molar-refractivity contribution < 1.29 is 31.3 Å². The molecular weight excluding hydrogens is 475 g/mol. The van der Waals surface area contributed by atoms with Gasteiger partial charge in [-0.25, -0.2) is 9.18 Å². The molecular formula is C25H27FN2O6S. The summed E-state index contributed by atoms with van der Waals surface area (Å²) >= 11 is 0. The van der Waals surface area contributed by atoms with E-state index in [0.29, 0.717) is 24.4 Å². The lowest BCUT2D eigenvalue weighted by Crippen LogP contribution is -2.36. The van der Waals surface area contributed by atoms with Crippen LogP contribution < -0.4 is 14.2 Å². The lowest BCUT2D eigenvalue weighted by Gasteiger charge is -2.23. The SMILES string of the molecule is COCCN(Cc1ccc(OC)c(OS(=O)(=O)c2ccc(F)cc2)c1)C(=O)Nc1ccc(C)cc1. The van der Waals surface area contributed by atoms with Gasteiger partial charge in [-0.15, -0.1) is 0 Å². The lowest BCUT2D eigenvalue weighted by molar-refractivity contribution is 0.153. The first-order valence-electron chi connectivity index (χ1n) is 10.7. The van der Waals surface area contributed by atoms with Gasteiger partial charge in [0.15, 0.2) is 11.5 Å². The Balaban J connectivity index is 1.82. The van der Waals surface area contributed by atoms with E-state index in [9.17, 15) is 17.6 Å². The summed E-state index contributed by atoms with van der Waals surface area (Å²) in [6.45, 7) is 2.71. The summed E-state index contributed by atoms with van der Waals surface area (Å²) in [5.74, 6) is -0.435. The maximum atomic E-state index is 13.2. The normalized spacial score (nSPS) is 11.1. The number of nitrogens with zero attached hydrogens (tertiary/aromatic N) is 1. The van der Waals surface area contributed by atoms with Crippen LogP contribution in [0.1, 0.15) is 11.1 Å². The molecule has 0 unspecified atom stereocenters. The van der Waals surface area contributed by atoms with E-state index in [2.05, 4.69) is 5.32 Å². The third kappa shape index (κ3) is 7.17. The van der Waals surface area contributed by atoms with Crippen LogP contribution >= 0.6 is 0 Å². The predicted molar refractivity (Wildman–Crippen MR) is 130 cm³/mol. The molecule has 0 atom stereocenters. The summed E-state index contributed by atoms with van der Waals surface area (Å²) in [6, 6.07) is 16.1. The highest BCUT2D eigenvalue weighted by Gasteiger charge is 2.21. The number of hydrogen-bond donors (Lipinski definition) is 1. The fourth-order valence-electron chi connectivity index (χ4n) is 3.17. The zero-order chi connectivity index (χ0) is 25.4. The minimum atomic E-state index is -4.24. The maximum Gasteiger partial charge on any atom is 0.339 e. The van der Waals surface area contributed by atoms with Crippen molar-refractivity contribution in [3.63, 3.8) is 0 Å². The highest BCUT2D eigenvalue weighted by Crippen LogP contribution is 2.31. The van der Waals surface area contributed by atoms with E-state index in [-0.39, 0.29) is 29.0 Å². The van der Waals surface area contributed by atoms with Crippen LogP contribution in [0.5, 0.6) is 11.5 Å². The molecule has 1 N–H and O–H groups in total. The number of benzene rings is 3. The van der Waals surface area contributed by atoms with Gasteiger partial charge in [-0.05, 0) is 61.0 Å². The molecule has 0 saturated heterocycles. The largest absolute Gasteiger partial charge is 0.493 e. The van der Waals surface area contributed by atoms with Gasteiger partial charge in [0, 0.05) is 25.9 Å². The standard InChI is InChI=1S/C25H27FN2O6S/c1-18-4-9-21(10-5-18)27-25(29)28(14-15-32-2)17-19-6-13-23(33-3)24(16-19)34-35(30,31)22-11-7-20(26)8-12-22/h4-13,16H,14-15,17H2,1-3H3,(H,27,29). The molecule has 0 bridgehead atoms. The molecule has 0 saturated carbocycles. The van der Waals surface area contributed by atoms with Gasteiger partial charge in [-0.1, -0.05) is 23.8 Å². The Morgan fingerprint density at radius 1 is 0.971 bits per heavy atom. The average Bonchev–Trinajstić information content (AvgIpc) is 2.83. The van der Waals surface area contributed by atoms with E-state index in [4.69, 9.17) is 13.7 Å². The van der Waals surface area contributed by atoms with Gasteiger partial charge in [0.1, 0.15) is 10.7 Å². The second-order valence-corrected chi connectivity index (χ2v) is 9.23. The Bertz CT molecular complexity index is 1250. The molecule has 0 aliphatic heterocycles. The monoisotopic (exact) mass is 502 g/mol. The van der Waals surface area contributed by atoms with Crippen molar-refractivity contribution in [2.45, 2.75) is 18.4 Å². The number of carbonyl (C=O) groups excluding carboxylic acids is 1. The number of carbonyl (C=O) groups is 1. The van der Waals surface area contributed by atoms with Crippen molar-refractivity contribution in [2.24, 2.45) is 0 Å². The van der Waals surface area contributed by atoms with E-state index in [1.165, 1.54) is 25.2 Å². The van der Waals surface area contributed by atoms with Crippen LogP contribution in [0.3, 0.4) is 0 Å². The van der Waals surface area contributed by atoms with Crippen molar-refractivity contribution >= 4 is 21.8 Å². The maximum absolute atomic E-state index is 13.2. The summed E-state index contributed by atoms with van der Waals surface area (Å²) in [5.41, 5.74) is 2.32. The Labute approximate surface area is 204 Å². The third-order valence-corrected chi connectivity index (χ3v) is 6.31. The molecule has 0 spiro atoms. The minimum Gasteiger partial charge on any atom is -0.493 e. The van der Waals surface area contributed by atoms with Crippen LogP contribution in [0.2, 0.25) is 0 Å². The first kappa shape index (κ1) is 26.0. The summed E-state index contributed by atoms with van der Waals surface area (Å²) in [6.07, 6.45) is 0. The molecule has 3 aromatic carbocycles. The fourth-order valence-corrected chi connectivity index (χ4v) is 4.10. The quantitative estimate of drug-likeness (QED) is 0.408. The zero-order valence-electron chi connectivity index (χ0n) is 19.7. The Morgan fingerprint density at radius 2 is 1.66 bits per heavy atom. The Hall–Kier alpha value is -3.63. The van der Waals surface area contributed by atoms with E-state index < -0.39 is 15.9 Å². The minimum absolute atomic E-state index is 0.0556. The molecule has 10 heteroatoms. The second kappa shape index (κ2) is 11.7. The summed E-state index contributed by atoms with van der Waals surface area (Å²) in [5, 5.41) is 2.85. The van der Waals surface area contributed by atoms with Gasteiger partial charge in [-0.3, -0.25) is 0 Å². The summed E-state index contributed by atoms with van der Waals surface area (Å²) < 4.78 is 54.3. The Morgan fingerprint density at radius 3 is 2.29 bits per heavy atom. The summed E-state index contributed by atoms with van der Waals surface area (Å²) in [4.78, 5) is 14.3. The number of methoxy groups -OCH3 is 2. The molecule has 8 nitrogen and oxygen atoms in total.